The van der Waals surface area contributed by atoms with Gasteiger partial charge in [0.1, 0.15) is 9.84 Å². The van der Waals surface area contributed by atoms with Crippen molar-refractivity contribution in [3.8, 4) is 11.5 Å². The molecule has 0 aliphatic carbocycles. The number of amides is 1. The molecule has 2 aromatic rings. The van der Waals surface area contributed by atoms with E-state index in [1.165, 1.54) is 12.0 Å². The quantitative estimate of drug-likeness (QED) is 0.710. The molecule has 1 amide bonds. The van der Waals surface area contributed by atoms with Gasteiger partial charge in [0, 0.05) is 18.5 Å². The van der Waals surface area contributed by atoms with Crippen molar-refractivity contribution in [3.05, 3.63) is 53.1 Å². The standard InChI is InChI=1S/C20H24N2O5S/c1-4-27-18-10-13(8-9-17(18)26-2)16(12-28(3,24)25)22-11-14-6-5-7-15(21)19(14)20(22)23/h5-10,16H,4,11-12,21H2,1-3H3/t16-/m1/s1/i16D. The van der Waals surface area contributed by atoms with Crippen LogP contribution in [0.1, 0.15) is 35.8 Å². The number of hydrogen-bond donors (Lipinski definition) is 1. The Morgan fingerprint density at radius 2 is 2.04 bits per heavy atom. The number of nitrogen functional groups attached to an aromatic ring is 1. The Morgan fingerprint density at radius 3 is 2.64 bits per heavy atom. The molecule has 1 aliphatic heterocycles. The molecule has 1 atom stereocenters. The molecule has 1 heterocycles. The van der Waals surface area contributed by atoms with Crippen molar-refractivity contribution in [2.75, 3.05) is 31.5 Å². The molecule has 0 unspecified atom stereocenters. The van der Waals surface area contributed by atoms with Gasteiger partial charge in [-0.05, 0) is 36.2 Å². The number of hydrogen-bond acceptors (Lipinski definition) is 6. The summed E-state index contributed by atoms with van der Waals surface area (Å²) >= 11 is 0. The van der Waals surface area contributed by atoms with E-state index in [2.05, 4.69) is 0 Å². The molecule has 0 aromatic heterocycles. The summed E-state index contributed by atoms with van der Waals surface area (Å²) in [4.78, 5) is 14.4. The Labute approximate surface area is 166 Å². The number of ether oxygens (including phenoxy) is 2. The molecule has 2 aromatic carbocycles. The van der Waals surface area contributed by atoms with Crippen molar-refractivity contribution in [1.29, 1.82) is 0 Å². The molecule has 0 saturated carbocycles. The van der Waals surface area contributed by atoms with Gasteiger partial charge in [-0.3, -0.25) is 4.79 Å². The SMILES string of the molecule is [2H][C@@](CS(C)(=O)=O)(c1ccc(OC)c(OCC)c1)N1Cc2cccc(N)c2C1=O. The first kappa shape index (κ1) is 18.6. The van der Waals surface area contributed by atoms with Gasteiger partial charge in [0.2, 0.25) is 0 Å². The summed E-state index contributed by atoms with van der Waals surface area (Å²) in [5, 5.41) is 0. The number of benzene rings is 2. The average molecular weight is 405 g/mol. The zero-order chi connectivity index (χ0) is 21.4. The predicted octanol–water partition coefficient (Wildman–Crippen LogP) is 2.42. The summed E-state index contributed by atoms with van der Waals surface area (Å²) in [5.41, 5.74) is 7.57. The summed E-state index contributed by atoms with van der Waals surface area (Å²) < 4.78 is 44.4. The summed E-state index contributed by atoms with van der Waals surface area (Å²) in [6, 6.07) is 7.97. The molecule has 2 N–H and O–H groups in total. The van der Waals surface area contributed by atoms with E-state index in [0.717, 1.165) is 6.26 Å². The molecule has 150 valence electrons. The van der Waals surface area contributed by atoms with E-state index in [-0.39, 0.29) is 6.54 Å². The van der Waals surface area contributed by atoms with Gasteiger partial charge in [-0.1, -0.05) is 18.2 Å². The number of carbonyl (C=O) groups is 1. The molecule has 0 radical (unpaired) electrons. The van der Waals surface area contributed by atoms with Gasteiger partial charge in [-0.2, -0.15) is 0 Å². The van der Waals surface area contributed by atoms with E-state index in [9.17, 15) is 13.2 Å². The highest BCUT2D eigenvalue weighted by Crippen LogP contribution is 2.37. The van der Waals surface area contributed by atoms with Crippen LogP contribution in [0.3, 0.4) is 0 Å². The second-order valence-corrected chi connectivity index (χ2v) is 8.73. The molecule has 28 heavy (non-hydrogen) atoms. The second-order valence-electron chi connectivity index (χ2n) is 6.59. The van der Waals surface area contributed by atoms with Crippen LogP contribution in [0, 0.1) is 0 Å². The molecule has 0 fully saturated rings. The minimum atomic E-state index is -3.61. The summed E-state index contributed by atoms with van der Waals surface area (Å²) in [7, 11) is -2.12. The third-order valence-electron chi connectivity index (χ3n) is 4.49. The number of nitrogens with two attached hydrogens (primary N) is 1. The van der Waals surface area contributed by atoms with Crippen LogP contribution in [0.5, 0.6) is 11.5 Å². The number of methoxy groups -OCH3 is 1. The first-order valence-electron chi connectivity index (χ1n) is 9.29. The highest BCUT2D eigenvalue weighted by atomic mass is 32.2. The van der Waals surface area contributed by atoms with E-state index in [1.807, 2.05) is 0 Å². The number of sulfone groups is 1. The first-order valence-corrected chi connectivity index (χ1v) is 10.8. The monoisotopic (exact) mass is 405 g/mol. The fourth-order valence-electron chi connectivity index (χ4n) is 3.30. The molecule has 0 spiro atoms. The van der Waals surface area contributed by atoms with E-state index in [4.69, 9.17) is 16.6 Å². The zero-order valence-corrected chi connectivity index (χ0v) is 16.9. The number of fused-ring (bicyclic) bond motifs is 1. The topological polar surface area (TPSA) is 98.9 Å². The van der Waals surface area contributed by atoms with Crippen molar-refractivity contribution in [2.45, 2.75) is 19.5 Å². The first-order chi connectivity index (χ1) is 13.6. The van der Waals surface area contributed by atoms with Crippen molar-refractivity contribution in [2.24, 2.45) is 0 Å². The number of nitrogens with zero attached hydrogens (tertiary/aromatic N) is 1. The lowest BCUT2D eigenvalue weighted by Gasteiger charge is -2.28. The third kappa shape index (κ3) is 3.91. The van der Waals surface area contributed by atoms with Crippen molar-refractivity contribution < 1.29 is 24.1 Å². The molecule has 0 bridgehead atoms. The lowest BCUT2D eigenvalue weighted by Crippen LogP contribution is -2.33. The molecular weight excluding hydrogens is 380 g/mol. The third-order valence-corrected chi connectivity index (χ3v) is 5.29. The lowest BCUT2D eigenvalue weighted by atomic mass is 10.1. The fraction of sp³-hybridized carbons (Fsp3) is 0.350. The Morgan fingerprint density at radius 1 is 1.29 bits per heavy atom. The Hall–Kier alpha value is -2.74. The maximum Gasteiger partial charge on any atom is 0.257 e. The zero-order valence-electron chi connectivity index (χ0n) is 17.1. The van der Waals surface area contributed by atoms with E-state index in [1.54, 1.807) is 43.3 Å². The molecule has 0 saturated heterocycles. The normalized spacial score (nSPS) is 16.3. The lowest BCUT2D eigenvalue weighted by molar-refractivity contribution is 0.0719. The maximum atomic E-state index is 13.1. The summed E-state index contributed by atoms with van der Waals surface area (Å²) in [6.45, 7) is 2.26. The van der Waals surface area contributed by atoms with Gasteiger partial charge < -0.3 is 20.1 Å². The summed E-state index contributed by atoms with van der Waals surface area (Å²) in [6.07, 6.45) is 1.05. The van der Waals surface area contributed by atoms with Gasteiger partial charge in [0.15, 0.2) is 11.5 Å². The Kier molecular flexibility index (Phi) is 5.13. The number of rotatable bonds is 7. The van der Waals surface area contributed by atoms with Crippen LogP contribution in [0.25, 0.3) is 0 Å². The molecule has 1 aliphatic rings. The van der Waals surface area contributed by atoms with Crippen LogP contribution >= 0.6 is 0 Å². The van der Waals surface area contributed by atoms with Gasteiger partial charge in [-0.15, -0.1) is 0 Å². The predicted molar refractivity (Wildman–Crippen MR) is 107 cm³/mol. The molecule has 3 rings (SSSR count). The molecule has 8 heteroatoms. The average Bonchev–Trinajstić information content (AvgIpc) is 2.99. The minimum Gasteiger partial charge on any atom is -0.493 e. The fourth-order valence-corrected chi connectivity index (χ4v) is 4.12. The van der Waals surface area contributed by atoms with Crippen LogP contribution in [0.4, 0.5) is 5.69 Å². The van der Waals surface area contributed by atoms with E-state index < -0.39 is 27.5 Å². The van der Waals surface area contributed by atoms with Crippen LogP contribution in [-0.4, -0.2) is 45.0 Å². The molecular formula is C20H24N2O5S. The van der Waals surface area contributed by atoms with Crippen LogP contribution < -0.4 is 15.2 Å². The van der Waals surface area contributed by atoms with Crippen molar-refractivity contribution in [3.63, 3.8) is 0 Å². The largest absolute Gasteiger partial charge is 0.493 e. The van der Waals surface area contributed by atoms with Gasteiger partial charge in [0.05, 0.1) is 32.4 Å². The van der Waals surface area contributed by atoms with Crippen molar-refractivity contribution >= 4 is 21.4 Å². The number of carbonyl (C=O) groups excluding carboxylic acids is 1. The van der Waals surface area contributed by atoms with Crippen LogP contribution in [-0.2, 0) is 16.4 Å². The van der Waals surface area contributed by atoms with Gasteiger partial charge >= 0.3 is 0 Å². The smallest absolute Gasteiger partial charge is 0.257 e. The molecule has 7 nitrogen and oxygen atoms in total. The van der Waals surface area contributed by atoms with Crippen LogP contribution in [0.15, 0.2) is 36.4 Å². The Balaban J connectivity index is 2.14. The van der Waals surface area contributed by atoms with E-state index >= 15 is 0 Å². The number of anilines is 1. The minimum absolute atomic E-state index is 0.0915. The highest BCUT2D eigenvalue weighted by Gasteiger charge is 2.36. The van der Waals surface area contributed by atoms with Crippen LogP contribution in [0.2, 0.25) is 0 Å². The van der Waals surface area contributed by atoms with Gasteiger partial charge in [-0.25, -0.2) is 8.42 Å². The second kappa shape index (κ2) is 7.71. The van der Waals surface area contributed by atoms with Crippen molar-refractivity contribution in [1.82, 2.24) is 4.90 Å². The highest BCUT2D eigenvalue weighted by molar-refractivity contribution is 7.90. The maximum absolute atomic E-state index is 13.1. The Bertz CT molecular complexity index is 1060. The van der Waals surface area contributed by atoms with Gasteiger partial charge in [0.25, 0.3) is 5.91 Å². The summed E-state index contributed by atoms with van der Waals surface area (Å²) in [5.74, 6) is -0.207. The van der Waals surface area contributed by atoms with E-state index in [0.29, 0.717) is 40.5 Å².